The molecule has 0 aliphatic carbocycles. The van der Waals surface area contributed by atoms with Crippen molar-refractivity contribution in [3.63, 3.8) is 0 Å². The maximum absolute atomic E-state index is 13.0. The van der Waals surface area contributed by atoms with E-state index in [9.17, 15) is 13.2 Å². The summed E-state index contributed by atoms with van der Waals surface area (Å²) >= 11 is 1.35. The average Bonchev–Trinajstić information content (AvgIpc) is 3.22. The Kier molecular flexibility index (Phi) is 5.80. The molecular weight excluding hydrogens is 413 g/mol. The van der Waals surface area contributed by atoms with E-state index in [1.54, 1.807) is 13.2 Å². The molecule has 2 heterocycles. The molecule has 0 bridgehead atoms. The van der Waals surface area contributed by atoms with Crippen LogP contribution < -0.4 is 14.5 Å². The van der Waals surface area contributed by atoms with Gasteiger partial charge in [0, 0.05) is 49.8 Å². The van der Waals surface area contributed by atoms with E-state index >= 15 is 0 Å². The zero-order valence-electron chi connectivity index (χ0n) is 16.4. The van der Waals surface area contributed by atoms with E-state index in [4.69, 9.17) is 4.74 Å². The molecule has 0 unspecified atom stereocenters. The molecule has 0 saturated carbocycles. The van der Waals surface area contributed by atoms with Gasteiger partial charge in [-0.1, -0.05) is 18.2 Å². The predicted octanol–water partition coefficient (Wildman–Crippen LogP) is 4.48. The SMILES string of the molecule is COc1cccc(Cc2nsc(N3CCN(c4cccc(C(F)(F)F)c4)CC3)n2)c1. The molecule has 0 amide bonds. The van der Waals surface area contributed by atoms with Crippen LogP contribution in [0.2, 0.25) is 0 Å². The Hall–Kier alpha value is -2.81. The fourth-order valence-corrected chi connectivity index (χ4v) is 4.18. The Balaban J connectivity index is 1.38. The van der Waals surface area contributed by atoms with Crippen LogP contribution in [0.15, 0.2) is 48.5 Å². The molecule has 30 heavy (non-hydrogen) atoms. The first-order chi connectivity index (χ1) is 14.4. The highest BCUT2D eigenvalue weighted by Gasteiger charge is 2.31. The molecule has 1 aliphatic rings. The molecule has 0 N–H and O–H groups in total. The van der Waals surface area contributed by atoms with Gasteiger partial charge in [0.2, 0.25) is 5.13 Å². The lowest BCUT2D eigenvalue weighted by molar-refractivity contribution is -0.137. The van der Waals surface area contributed by atoms with Gasteiger partial charge in [0.15, 0.2) is 0 Å². The summed E-state index contributed by atoms with van der Waals surface area (Å²) in [6, 6.07) is 13.3. The molecule has 1 fully saturated rings. The fraction of sp³-hybridized carbons (Fsp3) is 0.333. The van der Waals surface area contributed by atoms with Crippen molar-refractivity contribution in [3.05, 3.63) is 65.5 Å². The Morgan fingerprint density at radius 3 is 2.47 bits per heavy atom. The Bertz CT molecular complexity index is 1000. The van der Waals surface area contributed by atoms with Gasteiger partial charge in [0.1, 0.15) is 11.6 Å². The number of hydrogen-bond donors (Lipinski definition) is 0. The second-order valence-corrected chi connectivity index (χ2v) is 7.77. The number of ether oxygens (including phenoxy) is 1. The first-order valence-corrected chi connectivity index (χ1v) is 10.3. The number of aromatic nitrogens is 2. The Morgan fingerprint density at radius 1 is 1.00 bits per heavy atom. The number of anilines is 2. The molecule has 5 nitrogen and oxygen atoms in total. The molecular formula is C21H21F3N4OS. The van der Waals surface area contributed by atoms with E-state index in [2.05, 4.69) is 14.3 Å². The van der Waals surface area contributed by atoms with E-state index < -0.39 is 11.7 Å². The number of halogens is 3. The summed E-state index contributed by atoms with van der Waals surface area (Å²) < 4.78 is 48.6. The van der Waals surface area contributed by atoms with Crippen LogP contribution >= 0.6 is 11.5 Å². The number of rotatable bonds is 5. The third kappa shape index (κ3) is 4.67. The third-order valence-electron chi connectivity index (χ3n) is 5.04. The van der Waals surface area contributed by atoms with E-state index in [1.807, 2.05) is 29.2 Å². The van der Waals surface area contributed by atoms with Gasteiger partial charge in [-0.25, -0.2) is 4.98 Å². The van der Waals surface area contributed by atoms with Crippen molar-refractivity contribution in [2.75, 3.05) is 43.1 Å². The van der Waals surface area contributed by atoms with Crippen molar-refractivity contribution in [1.82, 2.24) is 9.36 Å². The van der Waals surface area contributed by atoms with E-state index in [1.165, 1.54) is 23.7 Å². The number of nitrogens with zero attached hydrogens (tertiary/aromatic N) is 4. The van der Waals surface area contributed by atoms with Gasteiger partial charge in [-0.3, -0.25) is 0 Å². The van der Waals surface area contributed by atoms with Crippen molar-refractivity contribution < 1.29 is 17.9 Å². The maximum Gasteiger partial charge on any atom is 0.416 e. The zero-order valence-corrected chi connectivity index (χ0v) is 17.2. The minimum atomic E-state index is -4.33. The lowest BCUT2D eigenvalue weighted by Gasteiger charge is -2.36. The molecule has 0 atom stereocenters. The topological polar surface area (TPSA) is 41.5 Å². The van der Waals surface area contributed by atoms with Crippen molar-refractivity contribution in [1.29, 1.82) is 0 Å². The molecule has 0 spiro atoms. The summed E-state index contributed by atoms with van der Waals surface area (Å²) in [7, 11) is 1.64. The minimum Gasteiger partial charge on any atom is -0.497 e. The first kappa shape index (κ1) is 20.5. The number of alkyl halides is 3. The molecule has 158 valence electrons. The van der Waals surface area contributed by atoms with Crippen molar-refractivity contribution in [2.24, 2.45) is 0 Å². The summed E-state index contributed by atoms with van der Waals surface area (Å²) in [6.45, 7) is 2.63. The summed E-state index contributed by atoms with van der Waals surface area (Å²) in [5.41, 5.74) is 1.06. The van der Waals surface area contributed by atoms with Gasteiger partial charge in [-0.2, -0.15) is 17.5 Å². The second-order valence-electron chi connectivity index (χ2n) is 7.04. The van der Waals surface area contributed by atoms with Crippen LogP contribution in [0.5, 0.6) is 5.75 Å². The zero-order chi connectivity index (χ0) is 21.1. The molecule has 9 heteroatoms. The minimum absolute atomic E-state index is 0.598. The molecule has 4 rings (SSSR count). The maximum atomic E-state index is 13.0. The van der Waals surface area contributed by atoms with Crippen LogP contribution in [0.1, 0.15) is 17.0 Å². The van der Waals surface area contributed by atoms with Crippen LogP contribution in [-0.2, 0) is 12.6 Å². The van der Waals surface area contributed by atoms with Crippen LogP contribution in [-0.4, -0.2) is 42.6 Å². The molecule has 1 saturated heterocycles. The highest BCUT2D eigenvalue weighted by molar-refractivity contribution is 7.09. The Labute approximate surface area is 176 Å². The van der Waals surface area contributed by atoms with Gasteiger partial charge < -0.3 is 14.5 Å². The van der Waals surface area contributed by atoms with E-state index in [-0.39, 0.29) is 0 Å². The summed E-state index contributed by atoms with van der Waals surface area (Å²) in [6.07, 6.45) is -3.71. The molecule has 2 aromatic carbocycles. The lowest BCUT2D eigenvalue weighted by Crippen LogP contribution is -2.46. The second kappa shape index (κ2) is 8.51. The van der Waals surface area contributed by atoms with Gasteiger partial charge in [0.05, 0.1) is 12.7 Å². The number of piperazine rings is 1. The predicted molar refractivity (Wildman–Crippen MR) is 112 cm³/mol. The number of hydrogen-bond acceptors (Lipinski definition) is 6. The van der Waals surface area contributed by atoms with Crippen LogP contribution in [0.4, 0.5) is 24.0 Å². The molecule has 0 radical (unpaired) electrons. The Morgan fingerprint density at radius 2 is 1.73 bits per heavy atom. The van der Waals surface area contributed by atoms with Crippen LogP contribution in [0.25, 0.3) is 0 Å². The van der Waals surface area contributed by atoms with Crippen molar-refractivity contribution in [2.45, 2.75) is 12.6 Å². The van der Waals surface area contributed by atoms with Crippen LogP contribution in [0, 0.1) is 0 Å². The standard InChI is InChI=1S/C21H21F3N4OS/c1-29-18-7-2-4-15(12-18)13-19-25-20(30-26-19)28-10-8-27(9-11-28)17-6-3-5-16(14-17)21(22,23)24/h2-7,12,14H,8-11,13H2,1H3. The smallest absolute Gasteiger partial charge is 0.416 e. The fourth-order valence-electron chi connectivity index (χ4n) is 3.44. The summed E-state index contributed by atoms with van der Waals surface area (Å²) in [5, 5.41) is 0.844. The number of methoxy groups -OCH3 is 1. The molecule has 3 aromatic rings. The largest absolute Gasteiger partial charge is 0.497 e. The third-order valence-corrected chi connectivity index (χ3v) is 5.86. The normalized spacial score (nSPS) is 14.8. The van der Waals surface area contributed by atoms with E-state index in [0.29, 0.717) is 38.3 Å². The van der Waals surface area contributed by atoms with Gasteiger partial charge in [-0.15, -0.1) is 0 Å². The quantitative estimate of drug-likeness (QED) is 0.592. The lowest BCUT2D eigenvalue weighted by atomic mass is 10.1. The summed E-state index contributed by atoms with van der Waals surface area (Å²) in [4.78, 5) is 8.77. The first-order valence-electron chi connectivity index (χ1n) is 9.55. The highest BCUT2D eigenvalue weighted by Crippen LogP contribution is 2.32. The highest BCUT2D eigenvalue weighted by atomic mass is 32.1. The van der Waals surface area contributed by atoms with Crippen LogP contribution in [0.3, 0.4) is 0 Å². The van der Waals surface area contributed by atoms with Gasteiger partial charge in [-0.05, 0) is 35.9 Å². The van der Waals surface area contributed by atoms with E-state index in [0.717, 1.165) is 28.3 Å². The monoisotopic (exact) mass is 434 g/mol. The number of benzene rings is 2. The van der Waals surface area contributed by atoms with Crippen molar-refractivity contribution in [3.8, 4) is 5.75 Å². The van der Waals surface area contributed by atoms with Gasteiger partial charge >= 0.3 is 6.18 Å². The van der Waals surface area contributed by atoms with Gasteiger partial charge in [0.25, 0.3) is 0 Å². The van der Waals surface area contributed by atoms with Crippen molar-refractivity contribution >= 4 is 22.4 Å². The molecule has 1 aromatic heterocycles. The summed E-state index contributed by atoms with van der Waals surface area (Å²) in [5.74, 6) is 1.55. The molecule has 1 aliphatic heterocycles. The average molecular weight is 434 g/mol.